The summed E-state index contributed by atoms with van der Waals surface area (Å²) in [5.74, 6) is 1.27. The Kier molecular flexibility index (Phi) is 8.35. The van der Waals surface area contributed by atoms with Crippen LogP contribution in [0.2, 0.25) is 0 Å². The van der Waals surface area contributed by atoms with Crippen LogP contribution in [0.1, 0.15) is 74.8 Å². The molecule has 4 aromatic rings. The van der Waals surface area contributed by atoms with Crippen molar-refractivity contribution in [3.05, 3.63) is 71.4 Å². The van der Waals surface area contributed by atoms with Gasteiger partial charge in [-0.3, -0.25) is 9.69 Å². The van der Waals surface area contributed by atoms with Crippen LogP contribution in [0.3, 0.4) is 0 Å². The summed E-state index contributed by atoms with van der Waals surface area (Å²) >= 11 is 0. The van der Waals surface area contributed by atoms with Gasteiger partial charge in [-0.2, -0.15) is 5.10 Å². The van der Waals surface area contributed by atoms with Crippen LogP contribution in [0.15, 0.2) is 54.6 Å². The first-order valence-electron chi connectivity index (χ1n) is 15.9. The highest BCUT2D eigenvalue weighted by Gasteiger charge is 2.46. The highest BCUT2D eigenvalue weighted by atomic mass is 16.5. The second-order valence-corrected chi connectivity index (χ2v) is 13.5. The molecule has 0 radical (unpaired) electrons. The van der Waals surface area contributed by atoms with E-state index >= 15 is 0 Å². The molecule has 9 heteroatoms. The molecule has 1 unspecified atom stereocenters. The lowest BCUT2D eigenvalue weighted by Crippen LogP contribution is -2.68. The molecule has 0 saturated carbocycles. The number of hydrogen-bond donors (Lipinski definition) is 0. The first kappa shape index (κ1) is 31.0. The molecular formula is C36H45N5O4. The van der Waals surface area contributed by atoms with Crippen molar-refractivity contribution in [3.63, 3.8) is 0 Å². The minimum absolute atomic E-state index is 0.0271. The molecule has 9 nitrogen and oxygen atoms in total. The number of nitrogens with zero attached hydrogens (tertiary/aromatic N) is 5. The number of piperazine rings is 1. The van der Waals surface area contributed by atoms with Gasteiger partial charge in [0, 0.05) is 43.4 Å². The SMILES string of the molecule is COc1ccc(-c2cc(C(=O)N3CC(C)(C)N(Cc4ccccc4)CC3(C)C)c3c(C)nn(C4CCCCO4)c3n2)c(OC)c1. The summed E-state index contributed by atoms with van der Waals surface area (Å²) in [6.07, 6.45) is 2.71. The zero-order valence-electron chi connectivity index (χ0n) is 27.6. The molecule has 2 fully saturated rings. The largest absolute Gasteiger partial charge is 0.497 e. The summed E-state index contributed by atoms with van der Waals surface area (Å²) in [7, 11) is 3.26. The highest BCUT2D eigenvalue weighted by Crippen LogP contribution is 2.39. The van der Waals surface area contributed by atoms with E-state index in [-0.39, 0.29) is 17.7 Å². The number of pyridine rings is 1. The molecule has 6 rings (SSSR count). The van der Waals surface area contributed by atoms with Gasteiger partial charge in [0.05, 0.1) is 42.1 Å². The fourth-order valence-corrected chi connectivity index (χ4v) is 6.78. The van der Waals surface area contributed by atoms with Gasteiger partial charge in [0.25, 0.3) is 5.91 Å². The molecular weight excluding hydrogens is 566 g/mol. The van der Waals surface area contributed by atoms with E-state index in [4.69, 9.17) is 24.3 Å². The number of carbonyl (C=O) groups excluding carboxylic acids is 1. The van der Waals surface area contributed by atoms with E-state index in [0.717, 1.165) is 49.0 Å². The summed E-state index contributed by atoms with van der Waals surface area (Å²) in [4.78, 5) is 24.6. The van der Waals surface area contributed by atoms with Crippen molar-refractivity contribution in [3.8, 4) is 22.8 Å². The monoisotopic (exact) mass is 611 g/mol. The quantitative estimate of drug-likeness (QED) is 0.232. The van der Waals surface area contributed by atoms with Crippen LogP contribution in [0, 0.1) is 6.92 Å². The number of aryl methyl sites for hydroxylation is 1. The second-order valence-electron chi connectivity index (χ2n) is 13.5. The van der Waals surface area contributed by atoms with Gasteiger partial charge in [-0.15, -0.1) is 0 Å². The summed E-state index contributed by atoms with van der Waals surface area (Å²) < 4.78 is 19.3. The van der Waals surface area contributed by atoms with Crippen molar-refractivity contribution in [2.24, 2.45) is 0 Å². The minimum Gasteiger partial charge on any atom is -0.497 e. The van der Waals surface area contributed by atoms with Crippen molar-refractivity contribution in [2.75, 3.05) is 33.9 Å². The lowest BCUT2D eigenvalue weighted by Gasteiger charge is -2.55. The summed E-state index contributed by atoms with van der Waals surface area (Å²) in [5, 5.41) is 5.70. The maximum atomic E-state index is 14.9. The average molecular weight is 612 g/mol. The van der Waals surface area contributed by atoms with Crippen LogP contribution >= 0.6 is 0 Å². The second kappa shape index (κ2) is 12.1. The summed E-state index contributed by atoms with van der Waals surface area (Å²) in [5.41, 5.74) is 4.02. The smallest absolute Gasteiger partial charge is 0.255 e. The molecule has 0 aliphatic carbocycles. The molecule has 1 atom stereocenters. The Hall–Kier alpha value is -3.95. The van der Waals surface area contributed by atoms with Gasteiger partial charge in [-0.05, 0) is 77.6 Å². The Labute approximate surface area is 266 Å². The Balaban J connectivity index is 1.46. The minimum atomic E-state index is -0.425. The number of amides is 1. The number of methoxy groups -OCH3 is 2. The first-order chi connectivity index (χ1) is 21.5. The van der Waals surface area contributed by atoms with Crippen LogP contribution in [-0.4, -0.2) is 75.5 Å². The van der Waals surface area contributed by atoms with E-state index < -0.39 is 5.54 Å². The molecule has 0 spiro atoms. The lowest BCUT2D eigenvalue weighted by molar-refractivity contribution is -0.0453. The molecule has 1 amide bonds. The van der Waals surface area contributed by atoms with Gasteiger partial charge in [-0.25, -0.2) is 9.67 Å². The zero-order chi connectivity index (χ0) is 31.9. The van der Waals surface area contributed by atoms with Gasteiger partial charge in [0.2, 0.25) is 0 Å². The molecule has 4 heterocycles. The van der Waals surface area contributed by atoms with E-state index in [1.807, 2.05) is 46.8 Å². The fraction of sp³-hybridized carbons (Fsp3) is 0.472. The third-order valence-electron chi connectivity index (χ3n) is 9.35. The molecule has 0 bridgehead atoms. The Bertz CT molecular complexity index is 1690. The van der Waals surface area contributed by atoms with Crippen molar-refractivity contribution >= 4 is 16.9 Å². The van der Waals surface area contributed by atoms with Crippen LogP contribution in [0.25, 0.3) is 22.3 Å². The summed E-state index contributed by atoms with van der Waals surface area (Å²) in [6.45, 7) is 13.6. The van der Waals surface area contributed by atoms with Crippen molar-refractivity contribution < 1.29 is 19.0 Å². The molecule has 238 valence electrons. The Morgan fingerprint density at radius 1 is 0.978 bits per heavy atom. The standard InChI is InChI=1S/C36H45N5O4/c1-24-32-28(34(42)40-23-35(2,3)39(22-36(40,4)5)21-25-13-9-8-10-14-25)20-29(27-17-16-26(43-6)19-30(27)44-7)37-33(32)41(38-24)31-15-11-12-18-45-31/h8-10,13-14,16-17,19-20,31H,11-12,15,18,21-23H2,1-7H3. The van der Waals surface area contributed by atoms with Crippen LogP contribution in [0.4, 0.5) is 0 Å². The Morgan fingerprint density at radius 2 is 1.76 bits per heavy atom. The normalized spacial score (nSPS) is 19.9. The molecule has 2 saturated heterocycles. The van der Waals surface area contributed by atoms with E-state index in [1.165, 1.54) is 5.56 Å². The zero-order valence-corrected chi connectivity index (χ0v) is 27.6. The third-order valence-corrected chi connectivity index (χ3v) is 9.35. The number of fused-ring (bicyclic) bond motifs is 1. The topological polar surface area (TPSA) is 82.0 Å². The van der Waals surface area contributed by atoms with Gasteiger partial charge < -0.3 is 19.1 Å². The number of aromatic nitrogens is 3. The molecule has 45 heavy (non-hydrogen) atoms. The number of ether oxygens (including phenoxy) is 3. The Morgan fingerprint density at radius 3 is 2.44 bits per heavy atom. The van der Waals surface area contributed by atoms with Crippen molar-refractivity contribution in [1.29, 1.82) is 0 Å². The fourth-order valence-electron chi connectivity index (χ4n) is 6.78. The van der Waals surface area contributed by atoms with E-state index in [0.29, 0.717) is 41.6 Å². The van der Waals surface area contributed by atoms with Crippen molar-refractivity contribution in [1.82, 2.24) is 24.6 Å². The number of benzene rings is 2. The molecule has 2 aliphatic heterocycles. The van der Waals surface area contributed by atoms with Gasteiger partial charge in [-0.1, -0.05) is 30.3 Å². The van der Waals surface area contributed by atoms with E-state index in [1.54, 1.807) is 14.2 Å². The number of carbonyl (C=O) groups is 1. The maximum Gasteiger partial charge on any atom is 0.255 e. The first-order valence-corrected chi connectivity index (χ1v) is 15.9. The number of hydrogen-bond acceptors (Lipinski definition) is 7. The van der Waals surface area contributed by atoms with Gasteiger partial charge in [0.1, 0.15) is 11.5 Å². The average Bonchev–Trinajstić information content (AvgIpc) is 3.38. The van der Waals surface area contributed by atoms with Gasteiger partial charge >= 0.3 is 0 Å². The molecule has 2 aromatic carbocycles. The lowest BCUT2D eigenvalue weighted by atomic mass is 9.87. The molecule has 2 aliphatic rings. The number of rotatable bonds is 7. The van der Waals surface area contributed by atoms with Crippen molar-refractivity contribution in [2.45, 2.75) is 77.7 Å². The molecule has 0 N–H and O–H groups in total. The highest BCUT2D eigenvalue weighted by molar-refractivity contribution is 6.08. The third kappa shape index (κ3) is 5.91. The van der Waals surface area contributed by atoms with Crippen LogP contribution in [-0.2, 0) is 11.3 Å². The molecule has 2 aromatic heterocycles. The van der Waals surface area contributed by atoms with E-state index in [9.17, 15) is 4.79 Å². The predicted molar refractivity (Wildman–Crippen MR) is 176 cm³/mol. The van der Waals surface area contributed by atoms with Crippen LogP contribution < -0.4 is 9.47 Å². The van der Waals surface area contributed by atoms with Crippen LogP contribution in [0.5, 0.6) is 11.5 Å². The summed E-state index contributed by atoms with van der Waals surface area (Å²) in [6, 6.07) is 18.1. The predicted octanol–water partition coefficient (Wildman–Crippen LogP) is 6.64. The van der Waals surface area contributed by atoms with E-state index in [2.05, 4.69) is 56.9 Å². The maximum absolute atomic E-state index is 14.9. The van der Waals surface area contributed by atoms with Gasteiger partial charge in [0.15, 0.2) is 11.9 Å².